The Morgan fingerprint density at radius 2 is 1.53 bits per heavy atom. The molecule has 238 valence electrons. The standard InChI is InChI=1S/C36H52N2O3.CH4S/c1-25(24-34(5,6)36(9,10)35(7,8)33(2,3)4)22-27-23-30(39)38(31(27)40)19-18-37-20-21-41-32(37)29-17-13-15-26-14-11-12-16-28(26)29;1-2/h11-17,27,32H,1,18-24H2,2-10H3;2H,1H3. The summed E-state index contributed by atoms with van der Waals surface area (Å²) in [5.74, 6) is -0.429. The summed E-state index contributed by atoms with van der Waals surface area (Å²) in [5, 5.41) is 2.36. The minimum atomic E-state index is -0.312. The first-order valence-electron chi connectivity index (χ1n) is 15.8. The van der Waals surface area contributed by atoms with E-state index in [0.29, 0.717) is 26.1 Å². The fourth-order valence-electron chi connectivity index (χ4n) is 6.91. The van der Waals surface area contributed by atoms with Crippen LogP contribution in [0.5, 0.6) is 0 Å². The van der Waals surface area contributed by atoms with Gasteiger partial charge in [0.15, 0.2) is 0 Å². The lowest BCUT2D eigenvalue weighted by Crippen LogP contribution is -2.51. The maximum absolute atomic E-state index is 13.5. The highest BCUT2D eigenvalue weighted by molar-refractivity contribution is 7.79. The summed E-state index contributed by atoms with van der Waals surface area (Å²) in [5.41, 5.74) is 2.39. The van der Waals surface area contributed by atoms with Crippen LogP contribution in [0, 0.1) is 27.6 Å². The summed E-state index contributed by atoms with van der Waals surface area (Å²) >= 11 is 3.53. The third-order valence-electron chi connectivity index (χ3n) is 11.4. The lowest BCUT2D eigenvalue weighted by atomic mass is 9.47. The van der Waals surface area contributed by atoms with Gasteiger partial charge in [0.1, 0.15) is 6.23 Å². The van der Waals surface area contributed by atoms with Crippen LogP contribution in [-0.2, 0) is 14.3 Å². The Labute approximate surface area is 266 Å². The van der Waals surface area contributed by atoms with Gasteiger partial charge in [-0.05, 0) is 51.5 Å². The van der Waals surface area contributed by atoms with E-state index in [2.05, 4.69) is 117 Å². The minimum Gasteiger partial charge on any atom is -0.357 e. The van der Waals surface area contributed by atoms with Gasteiger partial charge in [-0.1, -0.05) is 117 Å². The van der Waals surface area contributed by atoms with E-state index in [1.165, 1.54) is 15.7 Å². The van der Waals surface area contributed by atoms with Crippen molar-refractivity contribution in [3.05, 3.63) is 60.2 Å². The first-order chi connectivity index (χ1) is 20.0. The number of nitrogens with zero attached hydrogens (tertiary/aromatic N) is 2. The Kier molecular flexibility index (Phi) is 11.1. The van der Waals surface area contributed by atoms with Gasteiger partial charge in [-0.2, -0.15) is 12.6 Å². The number of hydrogen-bond acceptors (Lipinski definition) is 5. The molecule has 2 heterocycles. The molecule has 0 N–H and O–H groups in total. The van der Waals surface area contributed by atoms with E-state index in [9.17, 15) is 9.59 Å². The Morgan fingerprint density at radius 1 is 0.907 bits per heavy atom. The normalized spacial score (nSPS) is 20.5. The van der Waals surface area contributed by atoms with Crippen molar-refractivity contribution >= 4 is 35.2 Å². The summed E-state index contributed by atoms with van der Waals surface area (Å²) in [7, 11) is 0. The summed E-state index contributed by atoms with van der Waals surface area (Å²) in [6.07, 6.45) is 3.20. The van der Waals surface area contributed by atoms with Crippen LogP contribution in [0.2, 0.25) is 0 Å². The molecular formula is C37H56N2O3S. The van der Waals surface area contributed by atoms with Crippen LogP contribution in [-0.4, -0.2) is 54.1 Å². The van der Waals surface area contributed by atoms with Gasteiger partial charge in [0, 0.05) is 31.6 Å². The highest BCUT2D eigenvalue weighted by Gasteiger charge is 2.53. The van der Waals surface area contributed by atoms with Crippen molar-refractivity contribution in [3.63, 3.8) is 0 Å². The molecule has 5 nitrogen and oxygen atoms in total. The van der Waals surface area contributed by atoms with Crippen molar-refractivity contribution in [1.29, 1.82) is 0 Å². The number of carbonyl (C=O) groups is 2. The fraction of sp³-hybridized carbons (Fsp3) is 0.622. The molecule has 2 aliphatic rings. The molecule has 0 spiro atoms. The van der Waals surface area contributed by atoms with E-state index in [1.807, 2.05) is 12.1 Å². The second kappa shape index (κ2) is 13.5. The van der Waals surface area contributed by atoms with Crippen molar-refractivity contribution < 1.29 is 14.3 Å². The molecule has 2 aromatic carbocycles. The minimum absolute atomic E-state index is 0.0150. The van der Waals surface area contributed by atoms with E-state index in [-0.39, 0.29) is 52.0 Å². The number of imide groups is 1. The average molecular weight is 609 g/mol. The molecule has 0 radical (unpaired) electrons. The van der Waals surface area contributed by atoms with Crippen LogP contribution >= 0.6 is 12.6 Å². The van der Waals surface area contributed by atoms with Crippen LogP contribution < -0.4 is 0 Å². The van der Waals surface area contributed by atoms with E-state index in [4.69, 9.17) is 4.74 Å². The van der Waals surface area contributed by atoms with E-state index in [0.717, 1.165) is 24.1 Å². The first kappa shape index (κ1) is 35.3. The molecule has 0 aliphatic carbocycles. The van der Waals surface area contributed by atoms with Crippen molar-refractivity contribution in [1.82, 2.24) is 9.80 Å². The van der Waals surface area contributed by atoms with E-state index >= 15 is 0 Å². The lowest BCUT2D eigenvalue weighted by molar-refractivity contribution is -0.139. The zero-order chi connectivity index (χ0) is 32.4. The third kappa shape index (κ3) is 7.07. The number of thiol groups is 1. The Balaban J connectivity index is 0.00000248. The van der Waals surface area contributed by atoms with Crippen LogP contribution in [0.4, 0.5) is 0 Å². The number of likely N-dealkylation sites (tertiary alicyclic amines) is 1. The highest BCUT2D eigenvalue weighted by atomic mass is 32.1. The summed E-state index contributed by atoms with van der Waals surface area (Å²) in [6.45, 7) is 27.9. The quantitative estimate of drug-likeness (QED) is 0.167. The summed E-state index contributed by atoms with van der Waals surface area (Å²) in [6, 6.07) is 14.6. The van der Waals surface area contributed by atoms with Gasteiger partial charge < -0.3 is 4.74 Å². The number of fused-ring (bicyclic) bond motifs is 1. The predicted molar refractivity (Wildman–Crippen MR) is 183 cm³/mol. The van der Waals surface area contributed by atoms with E-state index in [1.54, 1.807) is 6.26 Å². The number of carbonyl (C=O) groups excluding carboxylic acids is 2. The molecule has 2 amide bonds. The molecule has 2 fully saturated rings. The van der Waals surface area contributed by atoms with Gasteiger partial charge in [0.2, 0.25) is 11.8 Å². The second-order valence-electron chi connectivity index (χ2n) is 15.1. The van der Waals surface area contributed by atoms with Gasteiger partial charge in [0.05, 0.1) is 12.5 Å². The molecular weight excluding hydrogens is 552 g/mol. The maximum atomic E-state index is 13.5. The molecule has 0 saturated carbocycles. The molecule has 2 unspecified atom stereocenters. The number of benzene rings is 2. The zero-order valence-electron chi connectivity index (χ0n) is 28.4. The Bertz CT molecular complexity index is 1300. The van der Waals surface area contributed by atoms with Crippen molar-refractivity contribution in [2.45, 2.75) is 87.8 Å². The zero-order valence-corrected chi connectivity index (χ0v) is 29.3. The average Bonchev–Trinajstić information content (AvgIpc) is 3.50. The van der Waals surface area contributed by atoms with Crippen molar-refractivity contribution in [3.8, 4) is 0 Å². The van der Waals surface area contributed by atoms with Crippen molar-refractivity contribution in [2.24, 2.45) is 27.6 Å². The number of ether oxygens (including phenoxy) is 1. The van der Waals surface area contributed by atoms with Gasteiger partial charge in [-0.15, -0.1) is 0 Å². The van der Waals surface area contributed by atoms with Gasteiger partial charge in [0.25, 0.3) is 0 Å². The van der Waals surface area contributed by atoms with Crippen LogP contribution in [0.1, 0.15) is 93.4 Å². The predicted octanol–water partition coefficient (Wildman–Crippen LogP) is 8.55. The summed E-state index contributed by atoms with van der Waals surface area (Å²) in [4.78, 5) is 30.2. The molecule has 0 aromatic heterocycles. The third-order valence-corrected chi connectivity index (χ3v) is 11.4. The highest BCUT2D eigenvalue weighted by Crippen LogP contribution is 2.60. The van der Waals surface area contributed by atoms with Crippen molar-refractivity contribution in [2.75, 3.05) is 32.5 Å². The number of amides is 2. The fourth-order valence-corrected chi connectivity index (χ4v) is 6.91. The SMILES string of the molecule is C=C(CC1CC(=O)N(CCN2CCOC2c2cccc3ccccc23)C1=O)CC(C)(C)C(C)(C)C(C)(C)C(C)(C)C.CS. The summed E-state index contributed by atoms with van der Waals surface area (Å²) < 4.78 is 6.15. The second-order valence-corrected chi connectivity index (χ2v) is 15.1. The van der Waals surface area contributed by atoms with Gasteiger partial charge >= 0.3 is 0 Å². The molecule has 2 atom stereocenters. The largest absolute Gasteiger partial charge is 0.357 e. The molecule has 2 aliphatic heterocycles. The van der Waals surface area contributed by atoms with E-state index < -0.39 is 0 Å². The smallest absolute Gasteiger partial charge is 0.233 e. The first-order valence-corrected chi connectivity index (χ1v) is 16.7. The Morgan fingerprint density at radius 3 is 2.19 bits per heavy atom. The topological polar surface area (TPSA) is 49.9 Å². The number of rotatable bonds is 10. The number of hydrogen-bond donors (Lipinski definition) is 1. The number of allylic oxidation sites excluding steroid dienone is 1. The molecule has 43 heavy (non-hydrogen) atoms. The monoisotopic (exact) mass is 608 g/mol. The van der Waals surface area contributed by atoms with Crippen LogP contribution in [0.15, 0.2) is 54.6 Å². The van der Waals surface area contributed by atoms with Gasteiger partial charge in [-0.3, -0.25) is 19.4 Å². The Hall–Kier alpha value is -2.15. The molecule has 2 aromatic rings. The lowest BCUT2D eigenvalue weighted by Gasteiger charge is -2.58. The molecule has 0 bridgehead atoms. The molecule has 2 saturated heterocycles. The molecule has 6 heteroatoms. The van der Waals surface area contributed by atoms with Crippen LogP contribution in [0.3, 0.4) is 0 Å². The maximum Gasteiger partial charge on any atom is 0.233 e. The van der Waals surface area contributed by atoms with Crippen LogP contribution in [0.25, 0.3) is 10.8 Å². The van der Waals surface area contributed by atoms with Gasteiger partial charge in [-0.25, -0.2) is 0 Å². The molecule has 4 rings (SSSR count).